The standard InChI is InChI=1S/C23H23N5O4S/c1-32-18-6-4-5-17(13-18)28(21(29)14-25-23(31)26-10-9-24-16-26)15-22(30)27-11-12-33-20-8-3-2-7-19(20)27/h2-10,13,16H,11-12,14-15H2,1H3,(H,25,31). The van der Waals surface area contributed by atoms with Crippen molar-refractivity contribution in [3.05, 3.63) is 67.3 Å². The third kappa shape index (κ3) is 5.17. The summed E-state index contributed by atoms with van der Waals surface area (Å²) in [4.78, 5) is 46.6. The number of imidazole rings is 1. The first-order valence-electron chi connectivity index (χ1n) is 10.3. The SMILES string of the molecule is COc1cccc(N(CC(=O)N2CCSc3ccccc32)C(=O)CNC(=O)n2ccnc2)c1. The molecular formula is C23H23N5O4S. The minimum absolute atomic E-state index is 0.175. The fourth-order valence-corrected chi connectivity index (χ4v) is 4.46. The molecule has 2 aromatic carbocycles. The molecule has 0 spiro atoms. The lowest BCUT2D eigenvalue weighted by atomic mass is 10.2. The number of nitrogens with one attached hydrogen (secondary N) is 1. The second kappa shape index (κ2) is 10.2. The van der Waals surface area contributed by atoms with Crippen molar-refractivity contribution in [1.29, 1.82) is 0 Å². The van der Waals surface area contributed by atoms with Crippen molar-refractivity contribution in [2.75, 3.05) is 42.3 Å². The Morgan fingerprint density at radius 3 is 2.82 bits per heavy atom. The predicted molar refractivity (Wildman–Crippen MR) is 126 cm³/mol. The zero-order valence-electron chi connectivity index (χ0n) is 18.0. The number of hydrogen-bond donors (Lipinski definition) is 1. The summed E-state index contributed by atoms with van der Waals surface area (Å²) < 4.78 is 6.52. The van der Waals surface area contributed by atoms with Gasteiger partial charge < -0.3 is 19.9 Å². The summed E-state index contributed by atoms with van der Waals surface area (Å²) in [5.74, 6) is 0.695. The van der Waals surface area contributed by atoms with E-state index in [-0.39, 0.29) is 19.0 Å². The Balaban J connectivity index is 1.54. The number of hydrogen-bond acceptors (Lipinski definition) is 6. The minimum atomic E-state index is -0.486. The van der Waals surface area contributed by atoms with Crippen LogP contribution in [0.3, 0.4) is 0 Å². The molecule has 33 heavy (non-hydrogen) atoms. The summed E-state index contributed by atoms with van der Waals surface area (Å²) in [6.07, 6.45) is 4.29. The van der Waals surface area contributed by atoms with E-state index in [1.165, 1.54) is 35.3 Å². The second-order valence-corrected chi connectivity index (χ2v) is 8.31. The van der Waals surface area contributed by atoms with Gasteiger partial charge in [0.25, 0.3) is 0 Å². The molecule has 1 N–H and O–H groups in total. The number of methoxy groups -OCH3 is 1. The zero-order chi connectivity index (χ0) is 23.2. The molecule has 0 saturated carbocycles. The van der Waals surface area contributed by atoms with Crippen molar-refractivity contribution in [3.63, 3.8) is 0 Å². The molecule has 9 nitrogen and oxygen atoms in total. The van der Waals surface area contributed by atoms with Gasteiger partial charge in [-0.1, -0.05) is 18.2 Å². The van der Waals surface area contributed by atoms with Crippen molar-refractivity contribution < 1.29 is 19.1 Å². The van der Waals surface area contributed by atoms with Crippen LogP contribution in [0.4, 0.5) is 16.2 Å². The monoisotopic (exact) mass is 465 g/mol. The Morgan fingerprint density at radius 2 is 2.03 bits per heavy atom. The zero-order valence-corrected chi connectivity index (χ0v) is 18.8. The Kier molecular flexibility index (Phi) is 6.94. The molecule has 0 unspecified atom stereocenters. The quantitative estimate of drug-likeness (QED) is 0.601. The lowest BCUT2D eigenvalue weighted by Crippen LogP contribution is -2.48. The number of aromatic nitrogens is 2. The maximum Gasteiger partial charge on any atom is 0.327 e. The van der Waals surface area contributed by atoms with Gasteiger partial charge in [0.05, 0.1) is 19.3 Å². The number of anilines is 2. The van der Waals surface area contributed by atoms with Gasteiger partial charge in [-0.15, -0.1) is 11.8 Å². The number of benzene rings is 2. The van der Waals surface area contributed by atoms with Gasteiger partial charge in [0.1, 0.15) is 18.6 Å². The van der Waals surface area contributed by atoms with Crippen LogP contribution in [0, 0.1) is 0 Å². The van der Waals surface area contributed by atoms with Crippen LogP contribution in [0.1, 0.15) is 0 Å². The number of para-hydroxylation sites is 1. The number of fused-ring (bicyclic) bond motifs is 1. The Bertz CT molecular complexity index is 1150. The van der Waals surface area contributed by atoms with Crippen molar-refractivity contribution in [3.8, 4) is 5.75 Å². The van der Waals surface area contributed by atoms with E-state index in [1.54, 1.807) is 40.9 Å². The maximum atomic E-state index is 13.3. The van der Waals surface area contributed by atoms with Gasteiger partial charge in [-0.05, 0) is 24.3 Å². The van der Waals surface area contributed by atoms with Crippen LogP contribution < -0.4 is 19.9 Å². The van der Waals surface area contributed by atoms with Crippen molar-refractivity contribution in [1.82, 2.24) is 14.9 Å². The van der Waals surface area contributed by atoms with Crippen LogP contribution in [0.25, 0.3) is 0 Å². The molecule has 0 radical (unpaired) electrons. The Hall–Kier alpha value is -3.79. The van der Waals surface area contributed by atoms with Gasteiger partial charge in [-0.2, -0.15) is 0 Å². The Labute approximate surface area is 195 Å². The van der Waals surface area contributed by atoms with E-state index in [4.69, 9.17) is 4.74 Å². The Morgan fingerprint density at radius 1 is 1.18 bits per heavy atom. The number of ether oxygens (including phenoxy) is 1. The largest absolute Gasteiger partial charge is 0.497 e. The van der Waals surface area contributed by atoms with Gasteiger partial charge >= 0.3 is 6.03 Å². The van der Waals surface area contributed by atoms with E-state index < -0.39 is 11.9 Å². The van der Waals surface area contributed by atoms with Crippen LogP contribution >= 0.6 is 11.8 Å². The molecule has 0 aliphatic carbocycles. The number of amides is 3. The highest BCUT2D eigenvalue weighted by atomic mass is 32.2. The van der Waals surface area contributed by atoms with E-state index in [1.807, 2.05) is 24.3 Å². The lowest BCUT2D eigenvalue weighted by molar-refractivity contribution is -0.122. The highest BCUT2D eigenvalue weighted by molar-refractivity contribution is 7.99. The summed E-state index contributed by atoms with van der Waals surface area (Å²) in [6, 6.07) is 14.1. The molecule has 1 aliphatic heterocycles. The second-order valence-electron chi connectivity index (χ2n) is 7.17. The third-order valence-corrected chi connectivity index (χ3v) is 6.16. The van der Waals surface area contributed by atoms with Gasteiger partial charge in [0.2, 0.25) is 11.8 Å². The molecule has 1 aliphatic rings. The summed E-state index contributed by atoms with van der Waals surface area (Å²) in [7, 11) is 1.53. The number of nitrogens with zero attached hydrogens (tertiary/aromatic N) is 4. The van der Waals surface area contributed by atoms with E-state index in [2.05, 4.69) is 10.3 Å². The fraction of sp³-hybridized carbons (Fsp3) is 0.217. The van der Waals surface area contributed by atoms with Gasteiger partial charge in [0, 0.05) is 41.3 Å². The molecule has 3 aromatic rings. The molecule has 0 saturated heterocycles. The summed E-state index contributed by atoms with van der Waals surface area (Å²) >= 11 is 1.70. The van der Waals surface area contributed by atoms with Crippen LogP contribution in [0.2, 0.25) is 0 Å². The highest BCUT2D eigenvalue weighted by Crippen LogP contribution is 2.34. The van der Waals surface area contributed by atoms with Crippen LogP contribution in [0.15, 0.2) is 72.1 Å². The van der Waals surface area contributed by atoms with Gasteiger partial charge in [0.15, 0.2) is 0 Å². The van der Waals surface area contributed by atoms with Crippen molar-refractivity contribution in [2.24, 2.45) is 0 Å². The van der Waals surface area contributed by atoms with Crippen molar-refractivity contribution in [2.45, 2.75) is 4.90 Å². The van der Waals surface area contributed by atoms with Crippen molar-refractivity contribution >= 4 is 41.0 Å². The smallest absolute Gasteiger partial charge is 0.327 e. The average molecular weight is 466 g/mol. The molecule has 10 heteroatoms. The molecule has 0 bridgehead atoms. The maximum absolute atomic E-state index is 13.3. The summed E-state index contributed by atoms with van der Waals surface area (Å²) in [5.41, 5.74) is 1.34. The van der Waals surface area contributed by atoms with E-state index in [9.17, 15) is 14.4 Å². The van der Waals surface area contributed by atoms with Gasteiger partial charge in [-0.25, -0.2) is 9.78 Å². The first kappa shape index (κ1) is 22.4. The van der Waals surface area contributed by atoms with Crippen LogP contribution in [0.5, 0.6) is 5.75 Å². The number of carbonyl (C=O) groups is 3. The normalized spacial score (nSPS) is 12.6. The predicted octanol–water partition coefficient (Wildman–Crippen LogP) is 2.62. The molecule has 2 heterocycles. The van der Waals surface area contributed by atoms with E-state index in [0.717, 1.165) is 16.3 Å². The van der Waals surface area contributed by atoms with E-state index in [0.29, 0.717) is 18.0 Å². The minimum Gasteiger partial charge on any atom is -0.497 e. The highest BCUT2D eigenvalue weighted by Gasteiger charge is 2.27. The molecule has 4 rings (SSSR count). The first-order valence-corrected chi connectivity index (χ1v) is 11.3. The first-order chi connectivity index (χ1) is 16.1. The third-order valence-electron chi connectivity index (χ3n) is 5.12. The number of thioether (sulfide) groups is 1. The molecule has 0 atom stereocenters. The fourth-order valence-electron chi connectivity index (χ4n) is 3.47. The topological polar surface area (TPSA) is 96.8 Å². The molecule has 3 amide bonds. The lowest BCUT2D eigenvalue weighted by Gasteiger charge is -2.31. The molecule has 0 fully saturated rings. The van der Waals surface area contributed by atoms with Gasteiger partial charge in [-0.3, -0.25) is 14.2 Å². The van der Waals surface area contributed by atoms with Crippen LogP contribution in [-0.2, 0) is 9.59 Å². The summed E-state index contributed by atoms with van der Waals surface area (Å²) in [5, 5.41) is 2.57. The molecule has 170 valence electrons. The van der Waals surface area contributed by atoms with Crippen LogP contribution in [-0.4, -0.2) is 59.9 Å². The number of carbonyl (C=O) groups excluding carboxylic acids is 3. The molecule has 1 aromatic heterocycles. The van der Waals surface area contributed by atoms with E-state index >= 15 is 0 Å². The average Bonchev–Trinajstić information content (AvgIpc) is 3.40. The number of rotatable bonds is 6. The summed E-state index contributed by atoms with van der Waals surface area (Å²) in [6.45, 7) is 0.0951. The molecular weight excluding hydrogens is 442 g/mol.